The fraction of sp³-hybridized carbons (Fsp3) is 0.0500. The molecule has 3 aromatic rings. The summed E-state index contributed by atoms with van der Waals surface area (Å²) < 4.78 is 21.5. The minimum Gasteiger partial charge on any atom is -0.497 e. The number of halogens is 1. The molecule has 1 aromatic heterocycles. The SMILES string of the molecule is COc1cccc(/C(=C(\F)n2ccccc2=O)c2ccccc2)c1. The van der Waals surface area contributed by atoms with Crippen LogP contribution in [0, 0.1) is 0 Å². The van der Waals surface area contributed by atoms with E-state index in [4.69, 9.17) is 4.74 Å². The van der Waals surface area contributed by atoms with Crippen molar-refractivity contribution >= 4 is 11.5 Å². The second kappa shape index (κ2) is 6.96. The van der Waals surface area contributed by atoms with Crippen molar-refractivity contribution < 1.29 is 9.13 Å². The molecule has 0 fully saturated rings. The highest BCUT2D eigenvalue weighted by atomic mass is 19.1. The molecular weight excluding hydrogens is 305 g/mol. The van der Waals surface area contributed by atoms with Gasteiger partial charge in [0.15, 0.2) is 0 Å². The average molecular weight is 321 g/mol. The van der Waals surface area contributed by atoms with Crippen molar-refractivity contribution in [3.8, 4) is 5.75 Å². The van der Waals surface area contributed by atoms with Gasteiger partial charge in [0.25, 0.3) is 5.56 Å². The van der Waals surface area contributed by atoms with Gasteiger partial charge in [0, 0.05) is 17.8 Å². The number of ether oxygens (including phenoxy) is 1. The summed E-state index contributed by atoms with van der Waals surface area (Å²) >= 11 is 0. The Kier molecular flexibility index (Phi) is 4.57. The second-order valence-corrected chi connectivity index (χ2v) is 5.17. The number of benzene rings is 2. The molecule has 0 saturated carbocycles. The highest BCUT2D eigenvalue weighted by molar-refractivity contribution is 5.91. The summed E-state index contributed by atoms with van der Waals surface area (Å²) in [5.74, 6) is -0.00538. The van der Waals surface area contributed by atoms with Crippen molar-refractivity contribution in [1.29, 1.82) is 0 Å². The number of hydrogen-bond acceptors (Lipinski definition) is 2. The van der Waals surface area contributed by atoms with Crippen LogP contribution in [0.15, 0.2) is 83.8 Å². The van der Waals surface area contributed by atoms with Gasteiger partial charge in [0.2, 0.25) is 5.95 Å². The molecule has 0 spiro atoms. The summed E-state index contributed by atoms with van der Waals surface area (Å²) in [5.41, 5.74) is 1.22. The van der Waals surface area contributed by atoms with Gasteiger partial charge in [-0.3, -0.25) is 9.36 Å². The summed E-state index contributed by atoms with van der Waals surface area (Å²) in [4.78, 5) is 12.0. The zero-order chi connectivity index (χ0) is 16.9. The van der Waals surface area contributed by atoms with Crippen LogP contribution in [0.25, 0.3) is 11.5 Å². The average Bonchev–Trinajstić information content (AvgIpc) is 2.63. The van der Waals surface area contributed by atoms with E-state index in [2.05, 4.69) is 0 Å². The van der Waals surface area contributed by atoms with Crippen LogP contribution in [0.1, 0.15) is 11.1 Å². The Balaban J connectivity index is 2.28. The molecule has 24 heavy (non-hydrogen) atoms. The maximum absolute atomic E-state index is 15.3. The van der Waals surface area contributed by atoms with E-state index in [-0.39, 0.29) is 0 Å². The topological polar surface area (TPSA) is 31.2 Å². The molecule has 0 radical (unpaired) electrons. The Morgan fingerprint density at radius 1 is 0.917 bits per heavy atom. The maximum Gasteiger partial charge on any atom is 0.256 e. The lowest BCUT2D eigenvalue weighted by Crippen LogP contribution is -2.16. The van der Waals surface area contributed by atoms with Crippen LogP contribution in [0.4, 0.5) is 4.39 Å². The standard InChI is InChI=1S/C20H16FNO2/c1-24-17-11-7-10-16(14-17)19(15-8-3-2-4-9-15)20(21)22-13-6-5-12-18(22)23/h2-14H,1H3/b20-19+. The number of rotatable bonds is 4. The largest absolute Gasteiger partial charge is 0.497 e. The monoisotopic (exact) mass is 321 g/mol. The summed E-state index contributed by atoms with van der Waals surface area (Å²) in [7, 11) is 1.56. The lowest BCUT2D eigenvalue weighted by molar-refractivity contribution is 0.414. The normalized spacial score (nSPS) is 11.8. The van der Waals surface area contributed by atoms with Crippen LogP contribution in [-0.2, 0) is 0 Å². The molecule has 0 bridgehead atoms. The second-order valence-electron chi connectivity index (χ2n) is 5.17. The first-order valence-corrected chi connectivity index (χ1v) is 7.48. The van der Waals surface area contributed by atoms with E-state index in [0.29, 0.717) is 22.4 Å². The molecule has 3 rings (SSSR count). The molecule has 1 heterocycles. The highest BCUT2D eigenvalue weighted by Gasteiger charge is 2.15. The molecule has 0 N–H and O–H groups in total. The first-order chi connectivity index (χ1) is 11.7. The van der Waals surface area contributed by atoms with Crippen molar-refractivity contribution in [2.45, 2.75) is 0 Å². The van der Waals surface area contributed by atoms with Gasteiger partial charge in [-0.05, 0) is 29.3 Å². The Hall–Kier alpha value is -3.14. The van der Waals surface area contributed by atoms with Gasteiger partial charge in [-0.15, -0.1) is 0 Å². The maximum atomic E-state index is 15.3. The molecule has 2 aromatic carbocycles. The molecule has 0 aliphatic heterocycles. The first kappa shape index (κ1) is 15.7. The zero-order valence-corrected chi connectivity index (χ0v) is 13.1. The molecule has 0 amide bonds. The molecule has 4 heteroatoms. The third-order valence-corrected chi connectivity index (χ3v) is 3.66. The molecule has 0 aliphatic carbocycles. The highest BCUT2D eigenvalue weighted by Crippen LogP contribution is 2.31. The smallest absolute Gasteiger partial charge is 0.256 e. The van der Waals surface area contributed by atoms with E-state index < -0.39 is 11.5 Å². The van der Waals surface area contributed by atoms with E-state index in [0.717, 1.165) is 4.57 Å². The van der Waals surface area contributed by atoms with E-state index >= 15 is 4.39 Å². The van der Waals surface area contributed by atoms with E-state index in [1.165, 1.54) is 12.3 Å². The number of nitrogens with zero attached hydrogens (tertiary/aromatic N) is 1. The summed E-state index contributed by atoms with van der Waals surface area (Å²) in [5, 5.41) is 0. The van der Waals surface area contributed by atoms with Crippen LogP contribution >= 0.6 is 0 Å². The number of methoxy groups -OCH3 is 1. The van der Waals surface area contributed by atoms with Crippen molar-refractivity contribution in [2.75, 3.05) is 7.11 Å². The van der Waals surface area contributed by atoms with Crippen molar-refractivity contribution in [3.63, 3.8) is 0 Å². The first-order valence-electron chi connectivity index (χ1n) is 7.48. The molecule has 0 saturated heterocycles. The van der Waals surface area contributed by atoms with Crippen LogP contribution in [0.3, 0.4) is 0 Å². The number of pyridine rings is 1. The molecule has 0 aliphatic rings. The quantitative estimate of drug-likeness (QED) is 0.721. The fourth-order valence-electron chi connectivity index (χ4n) is 2.50. The van der Waals surface area contributed by atoms with Gasteiger partial charge in [0.05, 0.1) is 7.11 Å². The summed E-state index contributed by atoms with van der Waals surface area (Å²) in [6.45, 7) is 0. The predicted octanol–water partition coefficient (Wildman–Crippen LogP) is 4.20. The Morgan fingerprint density at radius 2 is 1.62 bits per heavy atom. The van der Waals surface area contributed by atoms with Crippen LogP contribution in [0.5, 0.6) is 5.75 Å². The van der Waals surface area contributed by atoms with Gasteiger partial charge in [-0.25, -0.2) is 0 Å². The minimum atomic E-state index is -0.625. The van der Waals surface area contributed by atoms with Gasteiger partial charge in [-0.2, -0.15) is 4.39 Å². The molecular formula is C20H16FNO2. The summed E-state index contributed by atoms with van der Waals surface area (Å²) in [6, 6.07) is 20.8. The molecule has 3 nitrogen and oxygen atoms in total. The van der Waals surface area contributed by atoms with Crippen molar-refractivity contribution in [1.82, 2.24) is 4.57 Å². The molecule has 0 unspecified atom stereocenters. The van der Waals surface area contributed by atoms with Gasteiger partial charge >= 0.3 is 0 Å². The van der Waals surface area contributed by atoms with E-state index in [1.54, 1.807) is 43.5 Å². The predicted molar refractivity (Wildman–Crippen MR) is 93.5 cm³/mol. The van der Waals surface area contributed by atoms with Crippen LogP contribution in [0.2, 0.25) is 0 Å². The third-order valence-electron chi connectivity index (χ3n) is 3.66. The van der Waals surface area contributed by atoms with E-state index in [1.807, 2.05) is 30.3 Å². The van der Waals surface area contributed by atoms with Crippen molar-refractivity contribution in [3.05, 3.63) is 100 Å². The van der Waals surface area contributed by atoms with Crippen LogP contribution in [-0.4, -0.2) is 11.7 Å². The lowest BCUT2D eigenvalue weighted by Gasteiger charge is -2.13. The van der Waals surface area contributed by atoms with Gasteiger partial charge in [-0.1, -0.05) is 48.5 Å². The minimum absolute atomic E-state index is 0.336. The van der Waals surface area contributed by atoms with Crippen molar-refractivity contribution in [2.24, 2.45) is 0 Å². The molecule has 120 valence electrons. The number of aromatic nitrogens is 1. The van der Waals surface area contributed by atoms with Gasteiger partial charge < -0.3 is 4.74 Å². The Morgan fingerprint density at radius 3 is 2.33 bits per heavy atom. The molecule has 0 atom stereocenters. The summed E-state index contributed by atoms with van der Waals surface area (Å²) in [6.07, 6.45) is 1.42. The van der Waals surface area contributed by atoms with Gasteiger partial charge in [0.1, 0.15) is 5.75 Å². The number of hydrogen-bond donors (Lipinski definition) is 0. The third kappa shape index (κ3) is 3.13. The van der Waals surface area contributed by atoms with Crippen LogP contribution < -0.4 is 10.3 Å². The Bertz CT molecular complexity index is 929. The fourth-order valence-corrected chi connectivity index (χ4v) is 2.50. The zero-order valence-electron chi connectivity index (χ0n) is 13.1. The van der Waals surface area contributed by atoms with E-state index in [9.17, 15) is 4.79 Å². The Labute approximate surface area is 139 Å². The lowest BCUT2D eigenvalue weighted by atomic mass is 9.98.